The van der Waals surface area contributed by atoms with E-state index in [9.17, 15) is 14.3 Å². The average molecular weight is 525 g/mol. The molecule has 3 N–H and O–H groups in total. The minimum Gasteiger partial charge on any atom is -0.465 e. The van der Waals surface area contributed by atoms with E-state index in [1.807, 2.05) is 39.2 Å². The highest BCUT2D eigenvalue weighted by atomic mass is 28.4. The molecular formula is C26H35F3N2O4Si. The van der Waals surface area contributed by atoms with Crippen molar-refractivity contribution in [2.75, 3.05) is 6.54 Å². The number of alkyl halides is 1. The van der Waals surface area contributed by atoms with Crippen molar-refractivity contribution >= 4 is 14.4 Å². The third-order valence-corrected chi connectivity index (χ3v) is 12.0. The molecule has 36 heavy (non-hydrogen) atoms. The normalized spacial score (nSPS) is 17.4. The van der Waals surface area contributed by atoms with Gasteiger partial charge in [-0.15, -0.1) is 0 Å². The Morgan fingerprint density at radius 1 is 1.14 bits per heavy atom. The van der Waals surface area contributed by atoms with Crippen LogP contribution in [0.1, 0.15) is 58.7 Å². The summed E-state index contributed by atoms with van der Waals surface area (Å²) >= 11 is 0. The average Bonchev–Trinajstić information content (AvgIpc) is 3.50. The lowest BCUT2D eigenvalue weighted by atomic mass is 9.86. The SMILES string of the molecule is CC(C)(O[Si](C)(C)C(C)(C)C)c1cc(C(O)(CNC(=O)O)C2(F)CC2)nc(-c2ccc(F)cc2)c1F. The highest BCUT2D eigenvalue weighted by molar-refractivity contribution is 6.74. The zero-order chi connectivity index (χ0) is 27.3. The molecular weight excluding hydrogens is 489 g/mol. The molecule has 1 aromatic carbocycles. The second kappa shape index (κ2) is 9.15. The molecule has 1 unspecified atom stereocenters. The predicted octanol–water partition coefficient (Wildman–Crippen LogP) is 6.24. The molecule has 1 fully saturated rings. The molecule has 0 saturated heterocycles. The van der Waals surface area contributed by atoms with Crippen LogP contribution in [0.5, 0.6) is 0 Å². The number of benzene rings is 1. The van der Waals surface area contributed by atoms with Crippen LogP contribution < -0.4 is 5.32 Å². The lowest BCUT2D eigenvalue weighted by Gasteiger charge is -2.43. The first-order valence-electron chi connectivity index (χ1n) is 11.9. The summed E-state index contributed by atoms with van der Waals surface area (Å²) < 4.78 is 51.8. The maximum absolute atomic E-state index is 16.1. The Morgan fingerprint density at radius 2 is 1.69 bits per heavy atom. The van der Waals surface area contributed by atoms with Gasteiger partial charge in [-0.25, -0.2) is 22.9 Å². The lowest BCUT2D eigenvalue weighted by Crippen LogP contribution is -2.50. The van der Waals surface area contributed by atoms with Gasteiger partial charge in [-0.1, -0.05) is 20.8 Å². The Labute approximate surface area is 211 Å². The van der Waals surface area contributed by atoms with Crippen molar-refractivity contribution in [2.24, 2.45) is 0 Å². The van der Waals surface area contributed by atoms with Crippen LogP contribution >= 0.6 is 0 Å². The predicted molar refractivity (Wildman–Crippen MR) is 134 cm³/mol. The standard InChI is InChI=1S/C26H35F3N2O4Si/c1-23(2,3)36(6,7)35-24(4,5)18-14-19(26(34,15-30-22(32)33)25(29)12-13-25)31-21(20(18)28)16-8-10-17(27)11-9-16/h8-11,14,30,34H,12-13,15H2,1-7H3,(H,32,33). The molecule has 1 aromatic heterocycles. The number of carboxylic acid groups (broad SMARTS) is 1. The van der Waals surface area contributed by atoms with Crippen LogP contribution in [0.2, 0.25) is 18.1 Å². The van der Waals surface area contributed by atoms with Gasteiger partial charge in [0.1, 0.15) is 17.2 Å². The van der Waals surface area contributed by atoms with Crippen LogP contribution in [0.3, 0.4) is 0 Å². The van der Waals surface area contributed by atoms with Crippen LogP contribution in [0.4, 0.5) is 18.0 Å². The smallest absolute Gasteiger partial charge is 0.404 e. The largest absolute Gasteiger partial charge is 0.465 e. The van der Waals surface area contributed by atoms with Gasteiger partial charge in [0, 0.05) is 11.1 Å². The highest BCUT2D eigenvalue weighted by Gasteiger charge is 2.62. The highest BCUT2D eigenvalue weighted by Crippen LogP contribution is 2.54. The minimum atomic E-state index is -2.43. The molecule has 1 amide bonds. The monoisotopic (exact) mass is 524 g/mol. The molecule has 2 aromatic rings. The van der Waals surface area contributed by atoms with Crippen molar-refractivity contribution in [3.05, 3.63) is 53.2 Å². The van der Waals surface area contributed by atoms with E-state index in [4.69, 9.17) is 9.53 Å². The van der Waals surface area contributed by atoms with Gasteiger partial charge in [0.05, 0.1) is 17.8 Å². The van der Waals surface area contributed by atoms with E-state index in [1.54, 1.807) is 13.8 Å². The van der Waals surface area contributed by atoms with Crippen molar-refractivity contribution in [3.63, 3.8) is 0 Å². The number of nitrogens with one attached hydrogen (secondary N) is 1. The van der Waals surface area contributed by atoms with E-state index in [0.29, 0.717) is 0 Å². The Morgan fingerprint density at radius 3 is 2.17 bits per heavy atom. The number of hydrogen-bond acceptors (Lipinski definition) is 4. The van der Waals surface area contributed by atoms with E-state index in [-0.39, 0.29) is 40.4 Å². The summed E-state index contributed by atoms with van der Waals surface area (Å²) in [6.45, 7) is 12.9. The van der Waals surface area contributed by atoms with Crippen LogP contribution in [-0.4, -0.2) is 41.8 Å². The van der Waals surface area contributed by atoms with E-state index in [1.165, 1.54) is 18.2 Å². The number of carbonyl (C=O) groups is 1. The van der Waals surface area contributed by atoms with Gasteiger partial charge in [-0.05, 0) is 75.2 Å². The summed E-state index contributed by atoms with van der Waals surface area (Å²) in [6, 6.07) is 6.24. The molecule has 3 rings (SSSR count). The lowest BCUT2D eigenvalue weighted by molar-refractivity contribution is -0.0571. The van der Waals surface area contributed by atoms with Crippen molar-refractivity contribution < 1.29 is 32.6 Å². The van der Waals surface area contributed by atoms with Crippen LogP contribution in [-0.2, 0) is 15.6 Å². The molecule has 0 aliphatic heterocycles. The fourth-order valence-corrected chi connectivity index (χ4v) is 5.72. The van der Waals surface area contributed by atoms with E-state index in [0.717, 1.165) is 12.1 Å². The van der Waals surface area contributed by atoms with Crippen LogP contribution in [0.15, 0.2) is 30.3 Å². The second-order valence-corrected chi connectivity index (χ2v) is 16.3. The Kier molecular flexibility index (Phi) is 7.15. The molecule has 198 valence electrons. The van der Waals surface area contributed by atoms with Crippen molar-refractivity contribution in [1.29, 1.82) is 0 Å². The van der Waals surface area contributed by atoms with E-state index < -0.39 is 49.5 Å². The maximum Gasteiger partial charge on any atom is 0.404 e. The summed E-state index contributed by atoms with van der Waals surface area (Å²) in [5, 5.41) is 22.5. The molecule has 1 aliphatic rings. The number of hydrogen-bond donors (Lipinski definition) is 3. The summed E-state index contributed by atoms with van der Waals surface area (Å²) in [5.41, 5.74) is -5.89. The zero-order valence-corrected chi connectivity index (χ0v) is 22.8. The van der Waals surface area contributed by atoms with Crippen molar-refractivity contribution in [3.8, 4) is 11.3 Å². The molecule has 6 nitrogen and oxygen atoms in total. The van der Waals surface area contributed by atoms with Gasteiger partial charge in [-0.2, -0.15) is 0 Å². The summed E-state index contributed by atoms with van der Waals surface area (Å²) in [5.74, 6) is -1.27. The molecule has 10 heteroatoms. The van der Waals surface area contributed by atoms with Gasteiger partial charge < -0.3 is 20.0 Å². The van der Waals surface area contributed by atoms with Gasteiger partial charge in [0.15, 0.2) is 19.7 Å². The molecule has 1 heterocycles. The maximum atomic E-state index is 16.1. The summed E-state index contributed by atoms with van der Waals surface area (Å²) in [7, 11) is -2.43. The Hall–Kier alpha value is -2.43. The van der Waals surface area contributed by atoms with Crippen LogP contribution in [0, 0.1) is 11.6 Å². The number of aromatic nitrogens is 1. The fourth-order valence-electron chi connectivity index (χ4n) is 4.03. The number of amides is 1. The van der Waals surface area contributed by atoms with Gasteiger partial charge in [-0.3, -0.25) is 0 Å². The van der Waals surface area contributed by atoms with Crippen molar-refractivity contribution in [1.82, 2.24) is 10.3 Å². The number of halogens is 3. The number of rotatable bonds is 8. The second-order valence-electron chi connectivity index (χ2n) is 11.6. The van der Waals surface area contributed by atoms with E-state index in [2.05, 4.69) is 4.98 Å². The summed E-state index contributed by atoms with van der Waals surface area (Å²) in [4.78, 5) is 15.5. The Balaban J connectivity index is 2.26. The molecule has 0 spiro atoms. The van der Waals surface area contributed by atoms with Crippen LogP contribution in [0.25, 0.3) is 11.3 Å². The number of aliphatic hydroxyl groups is 1. The molecule has 1 saturated carbocycles. The number of nitrogens with zero attached hydrogens (tertiary/aromatic N) is 1. The molecule has 1 aliphatic carbocycles. The first-order valence-corrected chi connectivity index (χ1v) is 14.8. The Bertz CT molecular complexity index is 1150. The number of pyridine rings is 1. The fraction of sp³-hybridized carbons (Fsp3) is 0.538. The first kappa shape index (κ1) is 28.1. The molecule has 0 bridgehead atoms. The summed E-state index contributed by atoms with van der Waals surface area (Å²) in [6.07, 6.45) is -1.45. The topological polar surface area (TPSA) is 91.7 Å². The third-order valence-electron chi connectivity index (χ3n) is 7.39. The first-order chi connectivity index (χ1) is 16.3. The van der Waals surface area contributed by atoms with Gasteiger partial charge >= 0.3 is 6.09 Å². The quantitative estimate of drug-likeness (QED) is 0.356. The van der Waals surface area contributed by atoms with E-state index >= 15 is 8.78 Å². The zero-order valence-electron chi connectivity index (χ0n) is 21.8. The van der Waals surface area contributed by atoms with Gasteiger partial charge in [0.25, 0.3) is 0 Å². The van der Waals surface area contributed by atoms with Gasteiger partial charge in [0.2, 0.25) is 0 Å². The molecule has 1 atom stereocenters. The van der Waals surface area contributed by atoms with Crippen molar-refractivity contribution in [2.45, 2.75) is 82.5 Å². The minimum absolute atomic E-state index is 0.00503. The third kappa shape index (κ3) is 5.30. The molecule has 0 radical (unpaired) electrons.